The molecule has 24 heavy (non-hydrogen) atoms. The average Bonchev–Trinajstić information content (AvgIpc) is 2.55. The first-order valence-electron chi connectivity index (χ1n) is 7.81. The highest BCUT2D eigenvalue weighted by Gasteiger charge is 1.86. The van der Waals surface area contributed by atoms with Crippen molar-refractivity contribution >= 4 is 29.4 Å². The summed E-state index contributed by atoms with van der Waals surface area (Å²) < 4.78 is 10.0. The van der Waals surface area contributed by atoms with Crippen LogP contribution in [0.4, 0.5) is 0 Å². The molecule has 0 radical (unpaired) electrons. The van der Waals surface area contributed by atoms with E-state index in [0.717, 1.165) is 31.9 Å². The molecule has 0 atom stereocenters. The van der Waals surface area contributed by atoms with Gasteiger partial charge in [-0.2, -0.15) is 0 Å². The van der Waals surface area contributed by atoms with E-state index in [0.29, 0.717) is 10.9 Å². The summed E-state index contributed by atoms with van der Waals surface area (Å²) in [6.45, 7) is 8.45. The Morgan fingerprint density at radius 2 is 1.92 bits per heavy atom. The van der Waals surface area contributed by atoms with Gasteiger partial charge in [-0.15, -0.1) is 0 Å². The third-order valence-corrected chi connectivity index (χ3v) is 2.41. The van der Waals surface area contributed by atoms with Gasteiger partial charge in [-0.05, 0) is 33.4 Å². The summed E-state index contributed by atoms with van der Waals surface area (Å²) in [5, 5.41) is 3.69. The van der Waals surface area contributed by atoms with Gasteiger partial charge in [0.15, 0.2) is 0 Å². The van der Waals surface area contributed by atoms with Gasteiger partial charge in [0.05, 0.1) is 19.9 Å². The van der Waals surface area contributed by atoms with Crippen LogP contribution in [-0.4, -0.2) is 58.8 Å². The first kappa shape index (κ1) is 24.7. The molecular weight excluding hydrogens is 328 g/mol. The Bertz CT molecular complexity index is 434. The molecule has 0 saturated carbocycles. The van der Waals surface area contributed by atoms with Gasteiger partial charge in [-0.1, -0.05) is 18.5 Å². The molecule has 0 aliphatic carbocycles. The summed E-state index contributed by atoms with van der Waals surface area (Å²) in [5.41, 5.74) is 0.815. The number of aliphatic imine (C=N–C) groups is 3. The van der Waals surface area contributed by atoms with E-state index in [1.165, 1.54) is 13.3 Å². The monoisotopic (exact) mass is 358 g/mol. The Morgan fingerprint density at radius 1 is 1.21 bits per heavy atom. The second-order valence-electron chi connectivity index (χ2n) is 4.56. The molecule has 0 spiro atoms. The predicted octanol–water partition coefficient (Wildman–Crippen LogP) is 3.44. The maximum atomic E-state index is 5.69. The summed E-state index contributed by atoms with van der Waals surface area (Å²) >= 11 is 5.69. The number of hydrogen-bond donors (Lipinski definition) is 1. The smallest absolute Gasteiger partial charge is 0.227 e. The van der Waals surface area contributed by atoms with Crippen LogP contribution in [0.2, 0.25) is 0 Å². The molecule has 1 N–H and O–H groups in total. The standard InChI is InChI=1S/C11H16ClN3O.C6H15NO/c1-9(12)7-10(2)15-6-5-14-8-11(13-3)16-4;1-3-5-8-6-4-7-2/h5-8H,1-4H3;7H,3-6H2,1-2H3/b6-5-,9-7+,13-11?,14-8?,15-10-;. The van der Waals surface area contributed by atoms with Gasteiger partial charge in [0, 0.05) is 43.3 Å². The van der Waals surface area contributed by atoms with Crippen LogP contribution in [0, 0.1) is 0 Å². The van der Waals surface area contributed by atoms with E-state index in [9.17, 15) is 0 Å². The zero-order chi connectivity index (χ0) is 18.6. The summed E-state index contributed by atoms with van der Waals surface area (Å²) in [7, 11) is 5.09. The van der Waals surface area contributed by atoms with Crippen LogP contribution in [0.15, 0.2) is 38.5 Å². The minimum atomic E-state index is 0.460. The van der Waals surface area contributed by atoms with Gasteiger partial charge < -0.3 is 14.8 Å². The van der Waals surface area contributed by atoms with Gasteiger partial charge in [0.2, 0.25) is 5.90 Å². The molecule has 0 amide bonds. The lowest BCUT2D eigenvalue weighted by Crippen LogP contribution is -2.14. The fraction of sp³-hybridized carbons (Fsp3) is 0.588. The molecule has 0 bridgehead atoms. The lowest BCUT2D eigenvalue weighted by atomic mass is 10.4. The summed E-state index contributed by atoms with van der Waals surface area (Å²) in [4.78, 5) is 11.9. The van der Waals surface area contributed by atoms with E-state index in [1.54, 1.807) is 32.4 Å². The Kier molecular flexibility index (Phi) is 20.2. The van der Waals surface area contributed by atoms with Crippen molar-refractivity contribution in [3.05, 3.63) is 23.5 Å². The Morgan fingerprint density at radius 3 is 2.42 bits per heavy atom. The molecule has 0 aromatic rings. The first-order valence-corrected chi connectivity index (χ1v) is 8.19. The molecule has 0 fully saturated rings. The topological polar surface area (TPSA) is 67.6 Å². The average molecular weight is 359 g/mol. The molecular formula is C17H31ClN4O2. The Labute approximate surface area is 151 Å². The van der Waals surface area contributed by atoms with Gasteiger partial charge in [-0.25, -0.2) is 0 Å². The number of halogens is 1. The number of methoxy groups -OCH3 is 1. The van der Waals surface area contributed by atoms with Crippen LogP contribution in [0.25, 0.3) is 0 Å². The van der Waals surface area contributed by atoms with Gasteiger partial charge in [-0.3, -0.25) is 15.0 Å². The fourth-order valence-electron chi connectivity index (χ4n) is 1.24. The van der Waals surface area contributed by atoms with Crippen molar-refractivity contribution < 1.29 is 9.47 Å². The maximum Gasteiger partial charge on any atom is 0.227 e. The lowest BCUT2D eigenvalue weighted by Gasteiger charge is -1.98. The summed E-state index contributed by atoms with van der Waals surface area (Å²) in [6.07, 6.45) is 7.51. The normalized spacial score (nSPS) is 13.4. The van der Waals surface area contributed by atoms with Gasteiger partial charge in [0.1, 0.15) is 0 Å². The van der Waals surface area contributed by atoms with E-state index < -0.39 is 0 Å². The van der Waals surface area contributed by atoms with Crippen LogP contribution in [-0.2, 0) is 9.47 Å². The Balaban J connectivity index is 0. The molecule has 0 aliphatic heterocycles. The van der Waals surface area contributed by atoms with Crippen LogP contribution < -0.4 is 5.32 Å². The van der Waals surface area contributed by atoms with E-state index in [2.05, 4.69) is 27.2 Å². The van der Waals surface area contributed by atoms with Gasteiger partial charge >= 0.3 is 0 Å². The number of likely N-dealkylation sites (N-methyl/N-ethyl adjacent to an activating group) is 1. The number of hydrogen-bond acceptors (Lipinski definition) is 6. The van der Waals surface area contributed by atoms with Crippen molar-refractivity contribution in [1.29, 1.82) is 0 Å². The van der Waals surface area contributed by atoms with Crippen LogP contribution >= 0.6 is 11.6 Å². The SMILES string of the molecule is CCCOCCNC.CN=C(C=N\C=C/N=C(C)\C=C(/C)Cl)OC. The van der Waals surface area contributed by atoms with Crippen LogP contribution in [0.1, 0.15) is 27.2 Å². The summed E-state index contributed by atoms with van der Waals surface area (Å²) in [5.74, 6) is 0.460. The van der Waals surface area contributed by atoms with E-state index in [-0.39, 0.29) is 0 Å². The highest BCUT2D eigenvalue weighted by molar-refractivity contribution is 6.30. The minimum absolute atomic E-state index is 0.460. The minimum Gasteiger partial charge on any atom is -0.480 e. The highest BCUT2D eigenvalue weighted by Crippen LogP contribution is 1.98. The van der Waals surface area contributed by atoms with Crippen molar-refractivity contribution in [2.24, 2.45) is 15.0 Å². The lowest BCUT2D eigenvalue weighted by molar-refractivity contribution is 0.138. The molecule has 0 aromatic heterocycles. The largest absolute Gasteiger partial charge is 0.480 e. The van der Waals surface area contributed by atoms with E-state index in [1.807, 2.05) is 14.0 Å². The quantitative estimate of drug-likeness (QED) is 0.390. The Hall–Kier alpha value is -1.50. The zero-order valence-corrected chi connectivity index (χ0v) is 16.4. The third-order valence-electron chi connectivity index (χ3n) is 2.30. The first-order chi connectivity index (χ1) is 11.5. The number of ether oxygens (including phenoxy) is 2. The fourth-order valence-corrected chi connectivity index (χ4v) is 1.40. The molecule has 0 heterocycles. The van der Waals surface area contributed by atoms with Crippen molar-refractivity contribution in [1.82, 2.24) is 5.32 Å². The number of nitrogens with one attached hydrogen (secondary N) is 1. The second kappa shape index (κ2) is 19.5. The highest BCUT2D eigenvalue weighted by atomic mass is 35.5. The van der Waals surface area contributed by atoms with Crippen LogP contribution in [0.3, 0.4) is 0 Å². The molecule has 0 aromatic carbocycles. The van der Waals surface area contributed by atoms with Crippen molar-refractivity contribution in [2.45, 2.75) is 27.2 Å². The molecule has 0 unspecified atom stereocenters. The van der Waals surface area contributed by atoms with E-state index in [4.69, 9.17) is 21.1 Å². The molecule has 6 nitrogen and oxygen atoms in total. The van der Waals surface area contributed by atoms with E-state index >= 15 is 0 Å². The molecule has 7 heteroatoms. The van der Waals surface area contributed by atoms with Crippen LogP contribution in [0.5, 0.6) is 0 Å². The van der Waals surface area contributed by atoms with Gasteiger partial charge in [0.25, 0.3) is 0 Å². The van der Waals surface area contributed by atoms with Crippen molar-refractivity contribution in [2.75, 3.05) is 41.0 Å². The molecule has 138 valence electrons. The number of nitrogens with zero attached hydrogens (tertiary/aromatic N) is 3. The predicted molar refractivity (Wildman–Crippen MR) is 106 cm³/mol. The maximum absolute atomic E-state index is 5.69. The number of allylic oxidation sites excluding steroid dienone is 2. The molecule has 0 rings (SSSR count). The second-order valence-corrected chi connectivity index (χ2v) is 5.16. The zero-order valence-electron chi connectivity index (χ0n) is 15.7. The summed E-state index contributed by atoms with van der Waals surface area (Å²) in [6, 6.07) is 0. The van der Waals surface area contributed by atoms with Crippen molar-refractivity contribution in [3.8, 4) is 0 Å². The molecule has 0 saturated heterocycles. The molecule has 0 aliphatic rings. The van der Waals surface area contributed by atoms with Crippen molar-refractivity contribution in [3.63, 3.8) is 0 Å². The number of rotatable bonds is 9. The third kappa shape index (κ3) is 20.5.